The van der Waals surface area contributed by atoms with Gasteiger partial charge < -0.3 is 14.8 Å². The predicted octanol–water partition coefficient (Wildman–Crippen LogP) is 5.29. The fourth-order valence-electron chi connectivity index (χ4n) is 4.60. The topological polar surface area (TPSA) is 67.9 Å². The number of benzene rings is 3. The number of rotatable bonds is 6. The van der Waals surface area contributed by atoms with Gasteiger partial charge in [-0.1, -0.05) is 48.0 Å². The molecule has 174 valence electrons. The van der Waals surface area contributed by atoms with Gasteiger partial charge in [0, 0.05) is 22.7 Å². The van der Waals surface area contributed by atoms with Crippen LogP contribution in [0.1, 0.15) is 41.3 Å². The van der Waals surface area contributed by atoms with Gasteiger partial charge >= 0.3 is 0 Å². The Morgan fingerprint density at radius 3 is 2.65 bits per heavy atom. The third-order valence-electron chi connectivity index (χ3n) is 6.60. The van der Waals surface area contributed by atoms with Gasteiger partial charge in [-0.3, -0.25) is 14.5 Å². The number of ketones is 1. The second-order valence-corrected chi connectivity index (χ2v) is 9.26. The average molecular weight is 477 g/mol. The van der Waals surface area contributed by atoms with Crippen molar-refractivity contribution in [2.24, 2.45) is 0 Å². The zero-order valence-electron chi connectivity index (χ0n) is 18.8. The monoisotopic (exact) mass is 476 g/mol. The quantitative estimate of drug-likeness (QED) is 0.489. The molecule has 3 aromatic rings. The Morgan fingerprint density at radius 2 is 1.82 bits per heavy atom. The van der Waals surface area contributed by atoms with Gasteiger partial charge in [0.05, 0.1) is 11.2 Å². The van der Waals surface area contributed by atoms with Crippen molar-refractivity contribution in [1.29, 1.82) is 0 Å². The molecule has 0 saturated carbocycles. The Bertz CT molecular complexity index is 1250. The van der Waals surface area contributed by atoms with Crippen molar-refractivity contribution in [1.82, 2.24) is 4.90 Å². The number of hydrogen-bond donors (Lipinski definition) is 1. The summed E-state index contributed by atoms with van der Waals surface area (Å²) in [4.78, 5) is 28.9. The van der Waals surface area contributed by atoms with Gasteiger partial charge in [-0.25, -0.2) is 0 Å². The normalized spacial score (nSPS) is 19.2. The van der Waals surface area contributed by atoms with E-state index >= 15 is 0 Å². The molecule has 1 fully saturated rings. The first-order valence-electron chi connectivity index (χ1n) is 11.3. The Morgan fingerprint density at radius 1 is 1.03 bits per heavy atom. The molecular weight excluding hydrogens is 452 g/mol. The number of fused-ring (bicyclic) bond motifs is 1. The van der Waals surface area contributed by atoms with Crippen molar-refractivity contribution in [3.63, 3.8) is 0 Å². The number of carbonyl (C=O) groups excluding carboxylic acids is 2. The van der Waals surface area contributed by atoms with Crippen LogP contribution in [0.4, 0.5) is 5.69 Å². The Labute approximate surface area is 203 Å². The van der Waals surface area contributed by atoms with Gasteiger partial charge in [0.1, 0.15) is 0 Å². The van der Waals surface area contributed by atoms with Crippen LogP contribution in [0.15, 0.2) is 66.7 Å². The fraction of sp³-hybridized carbons (Fsp3) is 0.259. The molecule has 2 aliphatic rings. The highest BCUT2D eigenvalue weighted by atomic mass is 35.5. The zero-order chi connectivity index (χ0) is 23.7. The van der Waals surface area contributed by atoms with Crippen LogP contribution in [-0.2, 0) is 11.3 Å². The van der Waals surface area contributed by atoms with Crippen LogP contribution >= 0.6 is 11.6 Å². The number of ether oxygens (including phenoxy) is 2. The molecule has 7 heteroatoms. The first kappa shape index (κ1) is 22.4. The van der Waals surface area contributed by atoms with Crippen LogP contribution < -0.4 is 14.8 Å². The average Bonchev–Trinajstić information content (AvgIpc) is 3.47. The lowest BCUT2D eigenvalue weighted by Gasteiger charge is -2.34. The smallest absolute Gasteiger partial charge is 0.244 e. The van der Waals surface area contributed by atoms with E-state index in [0.29, 0.717) is 28.4 Å². The maximum atomic E-state index is 13.6. The molecule has 0 unspecified atom stereocenters. The fourth-order valence-corrected chi connectivity index (χ4v) is 4.78. The number of anilines is 1. The summed E-state index contributed by atoms with van der Waals surface area (Å²) in [5.74, 6) is 1.14. The highest BCUT2D eigenvalue weighted by Gasteiger charge is 2.43. The lowest BCUT2D eigenvalue weighted by Crippen LogP contribution is -2.50. The molecule has 6 nitrogen and oxygen atoms in total. The van der Waals surface area contributed by atoms with Gasteiger partial charge in [-0.2, -0.15) is 0 Å². The molecule has 1 atom stereocenters. The van der Waals surface area contributed by atoms with E-state index in [1.807, 2.05) is 43.3 Å². The molecule has 2 heterocycles. The van der Waals surface area contributed by atoms with E-state index in [-0.39, 0.29) is 18.5 Å². The molecule has 0 radical (unpaired) electrons. The third-order valence-corrected chi connectivity index (χ3v) is 6.83. The summed E-state index contributed by atoms with van der Waals surface area (Å²) in [5.41, 5.74) is 1.70. The maximum Gasteiger partial charge on any atom is 0.244 e. The molecule has 3 aromatic carbocycles. The first-order valence-corrected chi connectivity index (χ1v) is 11.7. The van der Waals surface area contributed by atoms with Crippen molar-refractivity contribution in [2.75, 3.05) is 18.7 Å². The highest BCUT2D eigenvalue weighted by Crippen LogP contribution is 2.36. The van der Waals surface area contributed by atoms with Crippen LogP contribution in [0.3, 0.4) is 0 Å². The lowest BCUT2D eigenvalue weighted by molar-refractivity contribution is -0.125. The van der Waals surface area contributed by atoms with Crippen molar-refractivity contribution < 1.29 is 19.1 Å². The Hall–Kier alpha value is -3.35. The van der Waals surface area contributed by atoms with Crippen molar-refractivity contribution in [2.45, 2.75) is 31.8 Å². The molecule has 2 aliphatic heterocycles. The summed E-state index contributed by atoms with van der Waals surface area (Å²) in [6.45, 7) is 3.59. The molecule has 34 heavy (non-hydrogen) atoms. The molecule has 1 N–H and O–H groups in total. The number of likely N-dealkylation sites (tertiary alicyclic amines) is 1. The van der Waals surface area contributed by atoms with Gasteiger partial charge in [-0.15, -0.1) is 0 Å². The summed E-state index contributed by atoms with van der Waals surface area (Å²) in [7, 11) is 0. The number of nitrogens with zero attached hydrogens (tertiary/aromatic N) is 1. The van der Waals surface area contributed by atoms with E-state index in [0.717, 1.165) is 36.4 Å². The SMILES string of the molecule is C[C@]1(C(=O)Nc2ccc(Cl)cc2C(=O)c2ccccc2)CCCN1Cc1ccc2c(c1)OCO2. The number of carbonyl (C=O) groups is 2. The van der Waals surface area contributed by atoms with Gasteiger partial charge in [0.15, 0.2) is 17.3 Å². The van der Waals surface area contributed by atoms with Crippen LogP contribution in [0.5, 0.6) is 11.5 Å². The largest absolute Gasteiger partial charge is 0.454 e. The molecule has 0 aromatic heterocycles. The van der Waals surface area contributed by atoms with E-state index in [2.05, 4.69) is 10.2 Å². The highest BCUT2D eigenvalue weighted by molar-refractivity contribution is 6.31. The lowest BCUT2D eigenvalue weighted by atomic mass is 9.96. The van der Waals surface area contributed by atoms with Gasteiger partial charge in [-0.05, 0) is 62.2 Å². The van der Waals surface area contributed by atoms with E-state index in [1.54, 1.807) is 30.3 Å². The van der Waals surface area contributed by atoms with Crippen LogP contribution in [0.25, 0.3) is 0 Å². The summed E-state index contributed by atoms with van der Waals surface area (Å²) >= 11 is 6.20. The number of hydrogen-bond acceptors (Lipinski definition) is 5. The van der Waals surface area contributed by atoms with E-state index < -0.39 is 5.54 Å². The summed E-state index contributed by atoms with van der Waals surface area (Å²) in [5, 5.41) is 3.46. The van der Waals surface area contributed by atoms with Gasteiger partial charge in [0.2, 0.25) is 12.7 Å². The summed E-state index contributed by atoms with van der Waals surface area (Å²) in [6, 6.07) is 19.8. The molecule has 1 saturated heterocycles. The standard InChI is InChI=1S/C27H25ClN2O4/c1-27(12-5-13-30(27)16-18-8-11-23-24(14-18)34-17-33-23)26(32)29-22-10-9-20(28)15-21(22)25(31)19-6-3-2-4-7-19/h2-4,6-11,14-15H,5,12-13,16-17H2,1H3,(H,29,32)/t27-/m1/s1. The Kier molecular flexibility index (Phi) is 6.02. The minimum Gasteiger partial charge on any atom is -0.454 e. The molecule has 1 amide bonds. The minimum atomic E-state index is -0.719. The van der Waals surface area contributed by atoms with E-state index in [4.69, 9.17) is 21.1 Å². The van der Waals surface area contributed by atoms with E-state index in [9.17, 15) is 9.59 Å². The molecule has 0 aliphatic carbocycles. The predicted molar refractivity (Wildman–Crippen MR) is 131 cm³/mol. The van der Waals surface area contributed by atoms with Crippen LogP contribution in [0.2, 0.25) is 5.02 Å². The second kappa shape index (κ2) is 9.12. The van der Waals surface area contributed by atoms with Crippen LogP contribution in [-0.4, -0.2) is 35.5 Å². The molecular formula is C27H25ClN2O4. The number of amides is 1. The summed E-state index contributed by atoms with van der Waals surface area (Å²) < 4.78 is 10.9. The number of halogens is 1. The Balaban J connectivity index is 1.37. The van der Waals surface area contributed by atoms with E-state index in [1.165, 1.54) is 0 Å². The number of nitrogens with one attached hydrogen (secondary N) is 1. The van der Waals surface area contributed by atoms with Crippen LogP contribution in [0, 0.1) is 0 Å². The van der Waals surface area contributed by atoms with Crippen molar-refractivity contribution in [3.8, 4) is 11.5 Å². The second-order valence-electron chi connectivity index (χ2n) is 8.83. The summed E-state index contributed by atoms with van der Waals surface area (Å²) in [6.07, 6.45) is 1.63. The van der Waals surface area contributed by atoms with Crippen molar-refractivity contribution >= 4 is 29.0 Å². The minimum absolute atomic E-state index is 0.143. The first-order chi connectivity index (χ1) is 16.4. The zero-order valence-corrected chi connectivity index (χ0v) is 19.6. The third kappa shape index (κ3) is 4.27. The van der Waals surface area contributed by atoms with Crippen molar-refractivity contribution in [3.05, 3.63) is 88.4 Å². The molecule has 0 bridgehead atoms. The maximum absolute atomic E-state index is 13.6. The molecule has 5 rings (SSSR count). The molecule has 0 spiro atoms. The van der Waals surface area contributed by atoms with Gasteiger partial charge in [0.25, 0.3) is 0 Å².